The summed E-state index contributed by atoms with van der Waals surface area (Å²) < 4.78 is 5.65. The largest absolute Gasteiger partial charge is 0.378 e. The van der Waals surface area contributed by atoms with Crippen LogP contribution in [-0.2, 0) is 4.74 Å². The van der Waals surface area contributed by atoms with Crippen LogP contribution < -0.4 is 0 Å². The molecule has 74 valence electrons. The Balaban J connectivity index is 4.74. The minimum absolute atomic E-state index is 0.0122. The van der Waals surface area contributed by atoms with Gasteiger partial charge in [-0.3, -0.25) is 0 Å². The monoisotopic (exact) mass is 172 g/mol. The molecule has 0 rings (SSSR count). The fourth-order valence-electron chi connectivity index (χ4n) is 1.64. The van der Waals surface area contributed by atoms with E-state index in [4.69, 9.17) is 4.74 Å². The molecule has 0 aliphatic carbocycles. The first kappa shape index (κ1) is 12.0. The zero-order valence-electron chi connectivity index (χ0n) is 9.69. The highest BCUT2D eigenvalue weighted by Crippen LogP contribution is 2.41. The van der Waals surface area contributed by atoms with Gasteiger partial charge in [-0.25, -0.2) is 0 Å². The molecule has 0 bridgehead atoms. The summed E-state index contributed by atoms with van der Waals surface area (Å²) in [5, 5.41) is 0. The van der Waals surface area contributed by atoms with E-state index in [1.54, 1.807) is 0 Å². The second-order valence-electron chi connectivity index (χ2n) is 4.70. The number of methoxy groups -OCH3 is 1. The van der Waals surface area contributed by atoms with Crippen molar-refractivity contribution < 1.29 is 4.74 Å². The molecule has 1 heteroatoms. The Bertz CT molecular complexity index is 138. The fourth-order valence-corrected chi connectivity index (χ4v) is 1.64. The predicted molar refractivity (Wildman–Crippen MR) is 54.3 cm³/mol. The summed E-state index contributed by atoms with van der Waals surface area (Å²) in [6.45, 7) is 13.4. The van der Waals surface area contributed by atoms with E-state index >= 15 is 0 Å². The third-order valence-electron chi connectivity index (χ3n) is 3.75. The minimum Gasteiger partial charge on any atom is -0.378 e. The molecular formula is C11H24O. The van der Waals surface area contributed by atoms with Crippen molar-refractivity contribution >= 4 is 0 Å². The Labute approximate surface area is 77.5 Å². The van der Waals surface area contributed by atoms with Gasteiger partial charge in [0.15, 0.2) is 0 Å². The highest BCUT2D eigenvalue weighted by Gasteiger charge is 2.42. The van der Waals surface area contributed by atoms with Gasteiger partial charge in [0.1, 0.15) is 0 Å². The van der Waals surface area contributed by atoms with Gasteiger partial charge in [-0.15, -0.1) is 0 Å². The first-order valence-electron chi connectivity index (χ1n) is 4.87. The van der Waals surface area contributed by atoms with Gasteiger partial charge in [0.25, 0.3) is 0 Å². The summed E-state index contributed by atoms with van der Waals surface area (Å²) in [5.74, 6) is 0.553. The van der Waals surface area contributed by atoms with Crippen molar-refractivity contribution in [3.8, 4) is 0 Å². The molecule has 0 aromatic carbocycles. The van der Waals surface area contributed by atoms with E-state index in [2.05, 4.69) is 41.5 Å². The lowest BCUT2D eigenvalue weighted by Gasteiger charge is -2.46. The lowest BCUT2D eigenvalue weighted by atomic mass is 9.68. The van der Waals surface area contributed by atoms with Gasteiger partial charge in [-0.2, -0.15) is 0 Å². The third kappa shape index (κ3) is 1.82. The molecule has 0 radical (unpaired) electrons. The number of hydrogen-bond acceptors (Lipinski definition) is 1. The zero-order valence-corrected chi connectivity index (χ0v) is 9.69. The summed E-state index contributed by atoms with van der Waals surface area (Å²) in [7, 11) is 1.82. The maximum Gasteiger partial charge on any atom is 0.0724 e. The van der Waals surface area contributed by atoms with Crippen LogP contribution in [0.2, 0.25) is 0 Å². The molecule has 0 fully saturated rings. The smallest absolute Gasteiger partial charge is 0.0724 e. The highest BCUT2D eigenvalue weighted by molar-refractivity contribution is 4.92. The SMILES string of the molecule is CCC(C)(C)[C@](C)(OC)C(C)C. The van der Waals surface area contributed by atoms with Crippen LogP contribution in [-0.4, -0.2) is 12.7 Å². The molecule has 12 heavy (non-hydrogen) atoms. The normalized spacial score (nSPS) is 18.0. The molecule has 0 aromatic rings. The van der Waals surface area contributed by atoms with Gasteiger partial charge in [-0.1, -0.05) is 34.6 Å². The van der Waals surface area contributed by atoms with Crippen molar-refractivity contribution in [3.05, 3.63) is 0 Å². The molecule has 0 unspecified atom stereocenters. The van der Waals surface area contributed by atoms with Gasteiger partial charge in [0.2, 0.25) is 0 Å². The lowest BCUT2D eigenvalue weighted by molar-refractivity contribution is -0.119. The molecule has 0 spiro atoms. The van der Waals surface area contributed by atoms with Crippen LogP contribution in [0.1, 0.15) is 48.0 Å². The summed E-state index contributed by atoms with van der Waals surface area (Å²) in [4.78, 5) is 0. The topological polar surface area (TPSA) is 9.23 Å². The van der Waals surface area contributed by atoms with Crippen LogP contribution in [0.5, 0.6) is 0 Å². The van der Waals surface area contributed by atoms with Crippen LogP contribution in [0.3, 0.4) is 0 Å². The second kappa shape index (κ2) is 3.78. The van der Waals surface area contributed by atoms with Crippen LogP contribution in [0.25, 0.3) is 0 Å². The molecule has 0 N–H and O–H groups in total. The maximum atomic E-state index is 5.65. The number of ether oxygens (including phenoxy) is 1. The average Bonchev–Trinajstić information content (AvgIpc) is 2.02. The van der Waals surface area contributed by atoms with Crippen LogP contribution >= 0.6 is 0 Å². The van der Waals surface area contributed by atoms with Gasteiger partial charge in [0, 0.05) is 7.11 Å². The molecular weight excluding hydrogens is 148 g/mol. The molecule has 0 saturated carbocycles. The van der Waals surface area contributed by atoms with E-state index in [1.165, 1.54) is 0 Å². The Morgan fingerprint density at radius 1 is 1.17 bits per heavy atom. The van der Waals surface area contributed by atoms with Crippen molar-refractivity contribution in [2.24, 2.45) is 11.3 Å². The molecule has 0 aromatic heterocycles. The van der Waals surface area contributed by atoms with Gasteiger partial charge < -0.3 is 4.74 Å². The molecule has 0 aliphatic rings. The van der Waals surface area contributed by atoms with E-state index in [-0.39, 0.29) is 11.0 Å². The van der Waals surface area contributed by atoms with E-state index in [0.29, 0.717) is 5.92 Å². The van der Waals surface area contributed by atoms with Crippen molar-refractivity contribution in [1.29, 1.82) is 0 Å². The first-order valence-corrected chi connectivity index (χ1v) is 4.87. The standard InChI is InChI=1S/C11H24O/c1-8-10(4,5)11(6,12-7)9(2)3/h9H,8H2,1-7H3/t11-/m1/s1. The Hall–Kier alpha value is -0.0400. The number of rotatable bonds is 4. The van der Waals surface area contributed by atoms with Crippen molar-refractivity contribution in [2.45, 2.75) is 53.6 Å². The molecule has 0 aliphatic heterocycles. The molecule has 1 atom stereocenters. The maximum absolute atomic E-state index is 5.65. The van der Waals surface area contributed by atoms with E-state index in [0.717, 1.165) is 6.42 Å². The molecule has 0 heterocycles. The van der Waals surface area contributed by atoms with Gasteiger partial charge in [0.05, 0.1) is 5.60 Å². The summed E-state index contributed by atoms with van der Waals surface area (Å²) in [6.07, 6.45) is 1.15. The Morgan fingerprint density at radius 3 is 1.67 bits per heavy atom. The van der Waals surface area contributed by atoms with Crippen molar-refractivity contribution in [3.63, 3.8) is 0 Å². The Morgan fingerprint density at radius 2 is 1.58 bits per heavy atom. The van der Waals surface area contributed by atoms with Crippen molar-refractivity contribution in [1.82, 2.24) is 0 Å². The summed E-state index contributed by atoms with van der Waals surface area (Å²) in [6, 6.07) is 0. The van der Waals surface area contributed by atoms with Gasteiger partial charge >= 0.3 is 0 Å². The predicted octanol–water partition coefficient (Wildman–Crippen LogP) is 3.48. The lowest BCUT2D eigenvalue weighted by Crippen LogP contribution is -2.47. The third-order valence-corrected chi connectivity index (χ3v) is 3.75. The molecule has 1 nitrogen and oxygen atoms in total. The second-order valence-corrected chi connectivity index (χ2v) is 4.70. The summed E-state index contributed by atoms with van der Waals surface area (Å²) in [5.41, 5.74) is 0.234. The average molecular weight is 172 g/mol. The highest BCUT2D eigenvalue weighted by atomic mass is 16.5. The minimum atomic E-state index is -0.0122. The first-order chi connectivity index (χ1) is 5.31. The quantitative estimate of drug-likeness (QED) is 0.631. The number of hydrogen-bond donors (Lipinski definition) is 0. The summed E-state index contributed by atoms with van der Waals surface area (Å²) >= 11 is 0. The van der Waals surface area contributed by atoms with E-state index in [1.807, 2.05) is 7.11 Å². The molecule has 0 amide bonds. The van der Waals surface area contributed by atoms with E-state index < -0.39 is 0 Å². The molecule has 0 saturated heterocycles. The van der Waals surface area contributed by atoms with Crippen LogP contribution in [0.4, 0.5) is 0 Å². The van der Waals surface area contributed by atoms with Crippen LogP contribution in [0.15, 0.2) is 0 Å². The van der Waals surface area contributed by atoms with Gasteiger partial charge in [-0.05, 0) is 24.7 Å². The fraction of sp³-hybridized carbons (Fsp3) is 1.00. The van der Waals surface area contributed by atoms with E-state index in [9.17, 15) is 0 Å². The zero-order chi connectivity index (χ0) is 9.99. The van der Waals surface area contributed by atoms with Crippen molar-refractivity contribution in [2.75, 3.05) is 7.11 Å². The Kier molecular flexibility index (Phi) is 3.77. The van der Waals surface area contributed by atoms with Crippen LogP contribution in [0, 0.1) is 11.3 Å².